The minimum absolute atomic E-state index is 0.301. The van der Waals surface area contributed by atoms with Crippen molar-refractivity contribution in [1.29, 1.82) is 0 Å². The molecular weight excluding hydrogens is 570 g/mol. The van der Waals surface area contributed by atoms with Gasteiger partial charge < -0.3 is 34.2 Å². The van der Waals surface area contributed by atoms with Gasteiger partial charge in [0.25, 0.3) is 5.89 Å². The summed E-state index contributed by atoms with van der Waals surface area (Å²) >= 11 is 0. The van der Waals surface area contributed by atoms with Gasteiger partial charge in [-0.25, -0.2) is 9.97 Å². The molecule has 1 aliphatic carbocycles. The number of ether oxygens (including phenoxy) is 1. The first-order valence-corrected chi connectivity index (χ1v) is 14.8. The Morgan fingerprint density at radius 3 is 2.62 bits per heavy atom. The Bertz CT molecular complexity index is 1940. The van der Waals surface area contributed by atoms with E-state index in [-0.39, 0.29) is 5.91 Å². The maximum absolute atomic E-state index is 12.5. The second-order valence-corrected chi connectivity index (χ2v) is 11.8. The van der Waals surface area contributed by atoms with Gasteiger partial charge in [-0.2, -0.15) is 0 Å². The van der Waals surface area contributed by atoms with Crippen LogP contribution < -0.4 is 20.3 Å². The van der Waals surface area contributed by atoms with Crippen molar-refractivity contribution in [2.75, 3.05) is 49.8 Å². The Labute approximate surface area is 260 Å². The Hall–Kier alpha value is -5.23. The fourth-order valence-electron chi connectivity index (χ4n) is 6.71. The van der Waals surface area contributed by atoms with Crippen LogP contribution in [0.4, 0.5) is 23.0 Å². The number of carbonyl (C=O) groups is 1. The third-order valence-electron chi connectivity index (χ3n) is 8.86. The van der Waals surface area contributed by atoms with E-state index in [1.807, 2.05) is 37.5 Å². The zero-order chi connectivity index (χ0) is 31.4. The quantitative estimate of drug-likeness (QED) is 0.225. The lowest BCUT2D eigenvalue weighted by Gasteiger charge is -2.27. The number of fused-ring (bicyclic) bond motifs is 2. The Kier molecular flexibility index (Phi) is 7.00. The van der Waals surface area contributed by atoms with E-state index >= 15 is 0 Å². The molecule has 230 valence electrons. The molecule has 1 amide bonds. The first-order chi connectivity index (χ1) is 21.7. The zero-order valence-electron chi connectivity index (χ0n) is 25.9. The molecule has 0 bridgehead atoms. The summed E-state index contributed by atoms with van der Waals surface area (Å²) in [5, 5.41) is 15.6. The summed E-state index contributed by atoms with van der Waals surface area (Å²) < 4.78 is 13.7. The van der Waals surface area contributed by atoms with Crippen molar-refractivity contribution in [3.8, 4) is 28.5 Å². The van der Waals surface area contributed by atoms with E-state index in [9.17, 15) is 4.79 Å². The minimum Gasteiger partial charge on any atom is -0.494 e. The summed E-state index contributed by atoms with van der Waals surface area (Å²) in [6.45, 7) is 7.53. The van der Waals surface area contributed by atoms with E-state index in [1.54, 1.807) is 20.2 Å². The molecule has 0 spiro atoms. The number of aromatic nitrogens is 5. The summed E-state index contributed by atoms with van der Waals surface area (Å²) in [5.41, 5.74) is 5.30. The summed E-state index contributed by atoms with van der Waals surface area (Å²) in [5.74, 6) is 2.60. The Balaban J connectivity index is 1.30. The van der Waals surface area contributed by atoms with Gasteiger partial charge in [0.2, 0.25) is 17.7 Å². The second-order valence-electron chi connectivity index (χ2n) is 11.8. The van der Waals surface area contributed by atoms with E-state index in [4.69, 9.17) is 14.1 Å². The molecule has 3 atom stereocenters. The lowest BCUT2D eigenvalue weighted by atomic mass is 10.1. The number of nitrogens with zero attached hydrogens (tertiary/aromatic N) is 7. The van der Waals surface area contributed by atoms with Gasteiger partial charge in [0, 0.05) is 75.1 Å². The van der Waals surface area contributed by atoms with Crippen molar-refractivity contribution >= 4 is 39.8 Å². The van der Waals surface area contributed by atoms with Gasteiger partial charge in [0.05, 0.1) is 35.4 Å². The van der Waals surface area contributed by atoms with Crippen LogP contribution in [-0.4, -0.2) is 75.9 Å². The largest absolute Gasteiger partial charge is 0.494 e. The maximum Gasteiger partial charge on any atom is 0.251 e. The molecule has 3 aromatic heterocycles. The third kappa shape index (κ3) is 5.06. The summed E-state index contributed by atoms with van der Waals surface area (Å²) in [6, 6.07) is 12.3. The number of methoxy groups -OCH3 is 1. The molecule has 0 radical (unpaired) electrons. The van der Waals surface area contributed by atoms with Gasteiger partial charge in [0.1, 0.15) is 5.75 Å². The summed E-state index contributed by atoms with van der Waals surface area (Å²) in [7, 11) is 7.85. The highest BCUT2D eigenvalue weighted by Crippen LogP contribution is 2.51. The van der Waals surface area contributed by atoms with Crippen molar-refractivity contribution in [3.63, 3.8) is 0 Å². The molecule has 1 saturated carbocycles. The van der Waals surface area contributed by atoms with Gasteiger partial charge in [-0.3, -0.25) is 4.79 Å². The molecule has 5 aromatic rings. The molecular formula is C33H35N9O3. The Morgan fingerprint density at radius 2 is 1.91 bits per heavy atom. The van der Waals surface area contributed by atoms with Crippen LogP contribution in [0.3, 0.4) is 0 Å². The predicted molar refractivity (Wildman–Crippen MR) is 174 cm³/mol. The van der Waals surface area contributed by atoms with Crippen LogP contribution in [0.25, 0.3) is 33.6 Å². The molecule has 4 heterocycles. The molecule has 45 heavy (non-hydrogen) atoms. The number of aryl methyl sites for hydroxylation is 2. The van der Waals surface area contributed by atoms with Crippen LogP contribution in [0.1, 0.15) is 5.89 Å². The number of nitrogens with one attached hydrogen (secondary N) is 2. The van der Waals surface area contributed by atoms with Crippen LogP contribution in [0.15, 0.2) is 65.9 Å². The first-order valence-electron chi connectivity index (χ1n) is 14.8. The zero-order valence-corrected chi connectivity index (χ0v) is 25.9. The molecule has 2 aliphatic rings. The fourth-order valence-corrected chi connectivity index (χ4v) is 6.71. The molecule has 1 saturated heterocycles. The van der Waals surface area contributed by atoms with Crippen LogP contribution in [0, 0.1) is 18.8 Å². The van der Waals surface area contributed by atoms with E-state index in [0.717, 1.165) is 35.2 Å². The van der Waals surface area contributed by atoms with Crippen LogP contribution in [0.5, 0.6) is 5.75 Å². The van der Waals surface area contributed by atoms with E-state index in [0.29, 0.717) is 64.0 Å². The number of anilines is 4. The molecule has 12 heteroatoms. The molecule has 1 unspecified atom stereocenters. The minimum atomic E-state index is -0.301. The summed E-state index contributed by atoms with van der Waals surface area (Å²) in [6.07, 6.45) is 4.97. The highest BCUT2D eigenvalue weighted by atomic mass is 16.5. The lowest BCUT2D eigenvalue weighted by Crippen LogP contribution is -2.31. The predicted octanol–water partition coefficient (Wildman–Crippen LogP) is 4.87. The normalized spacial score (nSPS) is 18.9. The maximum atomic E-state index is 12.5. The molecule has 12 nitrogen and oxygen atoms in total. The highest BCUT2D eigenvalue weighted by molar-refractivity contribution is 6.02. The van der Waals surface area contributed by atoms with Crippen molar-refractivity contribution in [1.82, 2.24) is 29.6 Å². The van der Waals surface area contributed by atoms with Gasteiger partial charge in [-0.15, -0.1) is 10.2 Å². The number of piperidine rings is 1. The fraction of sp³-hybridized carbons (Fsp3) is 0.303. The number of rotatable bonds is 9. The van der Waals surface area contributed by atoms with Crippen molar-refractivity contribution in [2.45, 2.75) is 13.0 Å². The number of carbonyl (C=O) groups excluding carboxylic acids is 1. The first kappa shape index (κ1) is 28.5. The molecule has 2 fully saturated rings. The lowest BCUT2D eigenvalue weighted by molar-refractivity contribution is -0.111. The van der Waals surface area contributed by atoms with Crippen molar-refractivity contribution in [3.05, 3.63) is 67.3 Å². The second kappa shape index (κ2) is 11.0. The molecule has 2 N–H and O–H groups in total. The average Bonchev–Trinajstić information content (AvgIpc) is 3.34. The molecule has 2 aromatic carbocycles. The van der Waals surface area contributed by atoms with E-state index in [1.165, 1.54) is 6.08 Å². The molecule has 1 aliphatic heterocycles. The van der Waals surface area contributed by atoms with Gasteiger partial charge >= 0.3 is 0 Å². The van der Waals surface area contributed by atoms with E-state index in [2.05, 4.69) is 73.0 Å². The summed E-state index contributed by atoms with van der Waals surface area (Å²) in [4.78, 5) is 26.8. The highest BCUT2D eigenvalue weighted by Gasteiger charge is 2.57. The van der Waals surface area contributed by atoms with Crippen molar-refractivity contribution < 1.29 is 13.9 Å². The van der Waals surface area contributed by atoms with Gasteiger partial charge in [-0.05, 0) is 37.1 Å². The topological polar surface area (TPSA) is 126 Å². The monoisotopic (exact) mass is 605 g/mol. The van der Waals surface area contributed by atoms with Gasteiger partial charge in [0.15, 0.2) is 0 Å². The smallest absolute Gasteiger partial charge is 0.251 e. The third-order valence-corrected chi connectivity index (χ3v) is 8.86. The van der Waals surface area contributed by atoms with Crippen LogP contribution in [-0.2, 0) is 11.8 Å². The SMILES string of the molecule is C=CC(=O)Nc1cc(Nc2ncc(-c3nnc(C)o3)c(-c3cn(C)c4ccccc34)n2)c(OC)cc1N(C)C1[C@H]2CN(C)C[C@@H]12. The van der Waals surface area contributed by atoms with Crippen LogP contribution >= 0.6 is 0 Å². The van der Waals surface area contributed by atoms with Crippen molar-refractivity contribution in [2.24, 2.45) is 18.9 Å². The van der Waals surface area contributed by atoms with Gasteiger partial charge in [-0.1, -0.05) is 24.8 Å². The Morgan fingerprint density at radius 1 is 1.13 bits per heavy atom. The number of benzene rings is 2. The van der Waals surface area contributed by atoms with Crippen LogP contribution in [0.2, 0.25) is 0 Å². The van der Waals surface area contributed by atoms with E-state index < -0.39 is 0 Å². The average molecular weight is 606 g/mol. The number of hydrogen-bond donors (Lipinski definition) is 2. The standard InChI is InChI=1S/C33H35N9O3/c1-7-29(43)35-24-12-25(28(44-6)13-27(24)42(5)31-22-15-40(3)16-23(22)31)36-33-34-14-20(32-39-38-18(2)45-32)30(37-33)21-17-41(4)26-11-9-8-10-19(21)26/h7-14,17,22-23,31H,1,15-16H2,2-6H3,(H,35,43)(H,34,36,37)/t22-,23+,31?. The molecule has 7 rings (SSSR count). The number of amides is 1. The number of para-hydroxylation sites is 1. The number of hydrogen-bond acceptors (Lipinski definition) is 10. The number of likely N-dealkylation sites (tertiary alicyclic amines) is 1.